The van der Waals surface area contributed by atoms with Gasteiger partial charge < -0.3 is 10.5 Å². The molecule has 0 aliphatic heterocycles. The van der Waals surface area contributed by atoms with Crippen molar-refractivity contribution in [2.75, 3.05) is 5.73 Å². The molecule has 2 bridgehead atoms. The number of rotatable bonds is 3. The molecule has 3 unspecified atom stereocenters. The van der Waals surface area contributed by atoms with Gasteiger partial charge in [0.1, 0.15) is 0 Å². The highest BCUT2D eigenvalue weighted by atomic mass is 79.9. The van der Waals surface area contributed by atoms with E-state index < -0.39 is 0 Å². The summed E-state index contributed by atoms with van der Waals surface area (Å²) in [7, 11) is 0. The molecule has 0 spiro atoms. The summed E-state index contributed by atoms with van der Waals surface area (Å²) in [5.74, 6) is 0.814. The maximum Gasteiger partial charge on any atom is 0.0752 e. The Kier molecular flexibility index (Phi) is 3.41. The van der Waals surface area contributed by atoms with Crippen LogP contribution in [0, 0.1) is 16.7 Å². The third kappa shape index (κ3) is 1.93. The molecule has 2 nitrogen and oxygen atoms in total. The second-order valence-electron chi connectivity index (χ2n) is 7.22. The molecule has 0 aromatic heterocycles. The highest BCUT2D eigenvalue weighted by Crippen LogP contribution is 2.66. The summed E-state index contributed by atoms with van der Waals surface area (Å²) in [6.45, 7) is 7.85. The van der Waals surface area contributed by atoms with Crippen LogP contribution in [0.1, 0.15) is 45.6 Å². The van der Waals surface area contributed by atoms with Crippen molar-refractivity contribution in [3.63, 3.8) is 0 Å². The van der Waals surface area contributed by atoms with Crippen LogP contribution in [0.3, 0.4) is 0 Å². The lowest BCUT2D eigenvalue weighted by Gasteiger charge is -2.39. The predicted octanol–water partition coefficient (Wildman–Crippen LogP) is 4.76. The fraction of sp³-hybridized carbons (Fsp3) is 0.647. The maximum absolute atomic E-state index is 6.31. The quantitative estimate of drug-likeness (QED) is 0.806. The minimum atomic E-state index is 0.313. The molecule has 20 heavy (non-hydrogen) atoms. The molecule has 0 heterocycles. The molecule has 2 saturated carbocycles. The molecular weight excluding hydrogens is 314 g/mol. The average molecular weight is 338 g/mol. The van der Waals surface area contributed by atoms with Crippen molar-refractivity contribution in [3.8, 4) is 0 Å². The van der Waals surface area contributed by atoms with Gasteiger partial charge in [-0.2, -0.15) is 0 Å². The SMILES string of the molecule is CC1(C)C2CCC1(C)C(OCc1c(N)cccc1Br)C2. The molecule has 110 valence electrons. The van der Waals surface area contributed by atoms with Crippen molar-refractivity contribution >= 4 is 21.6 Å². The summed E-state index contributed by atoms with van der Waals surface area (Å²) in [6.07, 6.45) is 4.22. The van der Waals surface area contributed by atoms with Crippen LogP contribution in [-0.2, 0) is 11.3 Å². The molecule has 3 heteroatoms. The first-order valence-electron chi connectivity index (χ1n) is 7.51. The Labute approximate surface area is 130 Å². The van der Waals surface area contributed by atoms with Gasteiger partial charge >= 0.3 is 0 Å². The molecule has 2 aliphatic carbocycles. The summed E-state index contributed by atoms with van der Waals surface area (Å²) >= 11 is 3.57. The third-order valence-electron chi connectivity index (χ3n) is 6.30. The van der Waals surface area contributed by atoms with Crippen molar-refractivity contribution in [2.24, 2.45) is 16.7 Å². The number of nitrogen functional groups attached to an aromatic ring is 1. The van der Waals surface area contributed by atoms with Crippen molar-refractivity contribution in [3.05, 3.63) is 28.2 Å². The molecule has 0 radical (unpaired) electrons. The number of nitrogens with two attached hydrogens (primary N) is 1. The van der Waals surface area contributed by atoms with E-state index in [1.807, 2.05) is 18.2 Å². The summed E-state index contributed by atoms with van der Waals surface area (Å²) in [4.78, 5) is 0. The van der Waals surface area contributed by atoms with E-state index in [1.54, 1.807) is 0 Å². The lowest BCUT2D eigenvalue weighted by atomic mass is 9.70. The first-order chi connectivity index (χ1) is 9.36. The zero-order chi connectivity index (χ0) is 14.5. The second kappa shape index (κ2) is 4.74. The number of benzene rings is 1. The van der Waals surface area contributed by atoms with E-state index in [2.05, 4.69) is 36.7 Å². The minimum absolute atomic E-state index is 0.313. The van der Waals surface area contributed by atoms with Gasteiger partial charge in [0.15, 0.2) is 0 Å². The van der Waals surface area contributed by atoms with Gasteiger partial charge in [0, 0.05) is 15.7 Å². The zero-order valence-electron chi connectivity index (χ0n) is 12.6. The minimum Gasteiger partial charge on any atom is -0.398 e. The molecule has 0 saturated heterocycles. The number of hydrogen-bond acceptors (Lipinski definition) is 2. The van der Waals surface area contributed by atoms with Gasteiger partial charge in [-0.05, 0) is 48.1 Å². The highest BCUT2D eigenvalue weighted by molar-refractivity contribution is 9.10. The standard InChI is InChI=1S/C17H24BrNO/c1-16(2)11-7-8-17(16,3)15(9-11)20-10-12-13(18)5-4-6-14(12)19/h4-6,11,15H,7-10,19H2,1-3H3. The summed E-state index contributed by atoms with van der Waals surface area (Å²) in [6, 6.07) is 5.93. The van der Waals surface area contributed by atoms with Crippen LogP contribution in [0.25, 0.3) is 0 Å². The van der Waals surface area contributed by atoms with Gasteiger partial charge in [0.2, 0.25) is 0 Å². The van der Waals surface area contributed by atoms with Crippen LogP contribution in [0.2, 0.25) is 0 Å². The Morgan fingerprint density at radius 2 is 2.10 bits per heavy atom. The largest absolute Gasteiger partial charge is 0.398 e. The molecule has 1 aromatic rings. The van der Waals surface area contributed by atoms with Gasteiger partial charge in [-0.1, -0.05) is 42.8 Å². The average Bonchev–Trinajstić information content (AvgIpc) is 2.71. The van der Waals surface area contributed by atoms with Crippen LogP contribution in [0.15, 0.2) is 22.7 Å². The number of halogens is 1. The Morgan fingerprint density at radius 1 is 1.35 bits per heavy atom. The number of anilines is 1. The fourth-order valence-corrected chi connectivity index (χ4v) is 4.79. The molecular formula is C17H24BrNO. The molecule has 3 atom stereocenters. The molecule has 2 N–H and O–H groups in total. The molecule has 1 aromatic carbocycles. The highest BCUT2D eigenvalue weighted by Gasteiger charge is 2.61. The van der Waals surface area contributed by atoms with E-state index in [-0.39, 0.29) is 0 Å². The topological polar surface area (TPSA) is 35.2 Å². The third-order valence-corrected chi connectivity index (χ3v) is 7.04. The Bertz CT molecular complexity index is 507. The monoisotopic (exact) mass is 337 g/mol. The molecule has 0 amide bonds. The molecule has 2 fully saturated rings. The van der Waals surface area contributed by atoms with Gasteiger partial charge in [-0.3, -0.25) is 0 Å². The van der Waals surface area contributed by atoms with Gasteiger partial charge in [0.05, 0.1) is 12.7 Å². The van der Waals surface area contributed by atoms with Crippen LogP contribution < -0.4 is 5.73 Å². The lowest BCUT2D eigenvalue weighted by Crippen LogP contribution is -2.37. The number of fused-ring (bicyclic) bond motifs is 2. The van der Waals surface area contributed by atoms with E-state index in [0.717, 1.165) is 21.6 Å². The zero-order valence-corrected chi connectivity index (χ0v) is 14.2. The van der Waals surface area contributed by atoms with E-state index in [1.165, 1.54) is 19.3 Å². The van der Waals surface area contributed by atoms with Crippen LogP contribution in [0.4, 0.5) is 5.69 Å². The molecule has 3 rings (SSSR count). The first kappa shape index (κ1) is 14.4. The van der Waals surface area contributed by atoms with E-state index in [9.17, 15) is 0 Å². The summed E-state index contributed by atoms with van der Waals surface area (Å²) in [5.41, 5.74) is 8.66. The summed E-state index contributed by atoms with van der Waals surface area (Å²) < 4.78 is 7.36. The Morgan fingerprint density at radius 3 is 2.65 bits per heavy atom. The van der Waals surface area contributed by atoms with Gasteiger partial charge in [0.25, 0.3) is 0 Å². The fourth-order valence-electron chi connectivity index (χ4n) is 4.29. The van der Waals surface area contributed by atoms with Crippen molar-refractivity contribution in [1.29, 1.82) is 0 Å². The van der Waals surface area contributed by atoms with E-state index >= 15 is 0 Å². The second-order valence-corrected chi connectivity index (χ2v) is 8.07. The lowest BCUT2D eigenvalue weighted by molar-refractivity contribution is -0.0550. The van der Waals surface area contributed by atoms with E-state index in [4.69, 9.17) is 10.5 Å². The van der Waals surface area contributed by atoms with Crippen LogP contribution in [-0.4, -0.2) is 6.10 Å². The van der Waals surface area contributed by atoms with Crippen LogP contribution in [0.5, 0.6) is 0 Å². The maximum atomic E-state index is 6.31. The van der Waals surface area contributed by atoms with Gasteiger partial charge in [-0.15, -0.1) is 0 Å². The van der Waals surface area contributed by atoms with Crippen molar-refractivity contribution < 1.29 is 4.74 Å². The Balaban J connectivity index is 1.75. The van der Waals surface area contributed by atoms with Crippen LogP contribution >= 0.6 is 15.9 Å². The first-order valence-corrected chi connectivity index (χ1v) is 8.30. The smallest absolute Gasteiger partial charge is 0.0752 e. The summed E-state index contributed by atoms with van der Waals surface area (Å²) in [5, 5.41) is 0. The number of ether oxygens (including phenoxy) is 1. The van der Waals surface area contributed by atoms with Crippen molar-refractivity contribution in [1.82, 2.24) is 0 Å². The molecule has 2 aliphatic rings. The predicted molar refractivity (Wildman–Crippen MR) is 86.4 cm³/mol. The van der Waals surface area contributed by atoms with Gasteiger partial charge in [-0.25, -0.2) is 0 Å². The normalized spacial score (nSPS) is 34.6. The van der Waals surface area contributed by atoms with E-state index in [0.29, 0.717) is 23.5 Å². The van der Waals surface area contributed by atoms with Crippen molar-refractivity contribution in [2.45, 2.75) is 52.7 Å². The Hall–Kier alpha value is -0.540. The number of hydrogen-bond donors (Lipinski definition) is 1.